The number of likely N-dealkylation sites (N-methyl/N-ethyl adjacent to an activating group) is 1. The highest BCUT2D eigenvalue weighted by Gasteiger charge is 2.23. The maximum absolute atomic E-state index is 12.6. The van der Waals surface area contributed by atoms with Gasteiger partial charge in [0.15, 0.2) is 0 Å². The second-order valence-electron chi connectivity index (χ2n) is 5.51. The molecule has 0 spiro atoms. The SMILES string of the molecule is COc1ccc(Br)cc1CN(C)C(=O)C1CCCCCN1. The van der Waals surface area contributed by atoms with Crippen molar-refractivity contribution in [3.63, 3.8) is 0 Å². The van der Waals surface area contributed by atoms with Gasteiger partial charge in [-0.25, -0.2) is 0 Å². The third-order valence-electron chi connectivity index (χ3n) is 3.88. The van der Waals surface area contributed by atoms with Gasteiger partial charge in [-0.15, -0.1) is 0 Å². The van der Waals surface area contributed by atoms with E-state index in [0.717, 1.165) is 41.6 Å². The molecule has 1 unspecified atom stereocenters. The zero-order valence-corrected chi connectivity index (χ0v) is 14.3. The van der Waals surface area contributed by atoms with Gasteiger partial charge in [-0.1, -0.05) is 28.8 Å². The maximum atomic E-state index is 12.6. The number of nitrogens with one attached hydrogen (secondary N) is 1. The summed E-state index contributed by atoms with van der Waals surface area (Å²) in [5, 5.41) is 3.36. The molecule has 1 amide bonds. The third-order valence-corrected chi connectivity index (χ3v) is 4.38. The van der Waals surface area contributed by atoms with E-state index >= 15 is 0 Å². The molecular weight excluding hydrogens is 332 g/mol. The molecule has 1 atom stereocenters. The van der Waals surface area contributed by atoms with E-state index in [1.807, 2.05) is 25.2 Å². The van der Waals surface area contributed by atoms with Crippen LogP contribution < -0.4 is 10.1 Å². The Kier molecular flexibility index (Phi) is 6.06. The summed E-state index contributed by atoms with van der Waals surface area (Å²) < 4.78 is 6.36. The number of ether oxygens (including phenoxy) is 1. The Hall–Kier alpha value is -1.07. The van der Waals surface area contributed by atoms with Crippen molar-refractivity contribution in [2.45, 2.75) is 38.3 Å². The van der Waals surface area contributed by atoms with Crippen LogP contribution in [0.3, 0.4) is 0 Å². The molecule has 1 aliphatic rings. The Labute approximate surface area is 135 Å². The highest BCUT2D eigenvalue weighted by molar-refractivity contribution is 9.10. The molecule has 1 aromatic rings. The number of benzene rings is 1. The van der Waals surface area contributed by atoms with Gasteiger partial charge in [0, 0.05) is 23.6 Å². The quantitative estimate of drug-likeness (QED) is 0.903. The molecule has 0 saturated carbocycles. The van der Waals surface area contributed by atoms with Gasteiger partial charge in [-0.3, -0.25) is 4.79 Å². The predicted molar refractivity (Wildman–Crippen MR) is 87.4 cm³/mol. The van der Waals surface area contributed by atoms with E-state index < -0.39 is 0 Å². The molecule has 5 heteroatoms. The number of nitrogens with zero attached hydrogens (tertiary/aromatic N) is 1. The number of carbonyl (C=O) groups excluding carboxylic acids is 1. The van der Waals surface area contributed by atoms with E-state index in [1.165, 1.54) is 6.42 Å². The van der Waals surface area contributed by atoms with Crippen LogP contribution in [0.4, 0.5) is 0 Å². The molecule has 0 aromatic heterocycles. The number of amides is 1. The van der Waals surface area contributed by atoms with Crippen molar-refractivity contribution in [2.24, 2.45) is 0 Å². The minimum atomic E-state index is -0.0457. The van der Waals surface area contributed by atoms with Gasteiger partial charge >= 0.3 is 0 Å². The van der Waals surface area contributed by atoms with Crippen molar-refractivity contribution in [1.82, 2.24) is 10.2 Å². The topological polar surface area (TPSA) is 41.6 Å². The summed E-state index contributed by atoms with van der Waals surface area (Å²) >= 11 is 3.47. The van der Waals surface area contributed by atoms with Gasteiger partial charge < -0.3 is 15.0 Å². The fourth-order valence-electron chi connectivity index (χ4n) is 2.71. The number of rotatable bonds is 4. The Morgan fingerprint density at radius 2 is 2.24 bits per heavy atom. The van der Waals surface area contributed by atoms with Crippen LogP contribution in [0.5, 0.6) is 5.75 Å². The molecule has 1 fully saturated rings. The average molecular weight is 355 g/mol. The maximum Gasteiger partial charge on any atom is 0.239 e. The average Bonchev–Trinajstić information content (AvgIpc) is 2.75. The summed E-state index contributed by atoms with van der Waals surface area (Å²) in [7, 11) is 3.51. The third kappa shape index (κ3) is 4.45. The normalized spacial score (nSPS) is 18.9. The molecular formula is C16H23BrN2O2. The van der Waals surface area contributed by atoms with Crippen molar-refractivity contribution in [3.05, 3.63) is 28.2 Å². The zero-order valence-electron chi connectivity index (χ0n) is 12.7. The lowest BCUT2D eigenvalue weighted by Crippen LogP contribution is -2.44. The summed E-state index contributed by atoms with van der Waals surface area (Å²) in [5.41, 5.74) is 1.01. The molecule has 21 heavy (non-hydrogen) atoms. The number of hydrogen-bond acceptors (Lipinski definition) is 3. The Bertz CT molecular complexity index is 485. The Balaban J connectivity index is 2.04. The van der Waals surface area contributed by atoms with E-state index in [-0.39, 0.29) is 11.9 Å². The van der Waals surface area contributed by atoms with Gasteiger partial charge in [-0.2, -0.15) is 0 Å². The first-order valence-electron chi connectivity index (χ1n) is 7.42. The summed E-state index contributed by atoms with van der Waals surface area (Å²) in [6.45, 7) is 1.49. The second kappa shape index (κ2) is 7.80. The highest BCUT2D eigenvalue weighted by atomic mass is 79.9. The molecule has 1 heterocycles. The first-order chi connectivity index (χ1) is 10.1. The molecule has 0 bridgehead atoms. The number of carbonyl (C=O) groups is 1. The lowest BCUT2D eigenvalue weighted by molar-refractivity contribution is -0.132. The fourth-order valence-corrected chi connectivity index (χ4v) is 3.12. The first kappa shape index (κ1) is 16.3. The van der Waals surface area contributed by atoms with E-state index in [9.17, 15) is 4.79 Å². The summed E-state index contributed by atoms with van der Waals surface area (Å²) in [5.74, 6) is 0.977. The number of methoxy groups -OCH3 is 1. The standard InChI is InChI=1S/C16H23BrN2O2/c1-19(16(20)14-6-4-3-5-9-18-14)11-12-10-13(17)7-8-15(12)21-2/h7-8,10,14,18H,3-6,9,11H2,1-2H3. The lowest BCUT2D eigenvalue weighted by Gasteiger charge is -2.24. The Morgan fingerprint density at radius 1 is 1.43 bits per heavy atom. The smallest absolute Gasteiger partial charge is 0.239 e. The summed E-state index contributed by atoms with van der Waals surface area (Å²) in [6.07, 6.45) is 4.42. The predicted octanol–water partition coefficient (Wildman–Crippen LogP) is 2.95. The fraction of sp³-hybridized carbons (Fsp3) is 0.562. The lowest BCUT2D eigenvalue weighted by atomic mass is 10.1. The number of halogens is 1. The van der Waals surface area contributed by atoms with Crippen molar-refractivity contribution < 1.29 is 9.53 Å². The molecule has 1 saturated heterocycles. The van der Waals surface area contributed by atoms with E-state index in [4.69, 9.17) is 4.74 Å². The monoisotopic (exact) mass is 354 g/mol. The molecule has 0 radical (unpaired) electrons. The molecule has 2 rings (SSSR count). The van der Waals surface area contributed by atoms with Gasteiger partial charge in [0.1, 0.15) is 5.75 Å². The molecule has 1 aromatic carbocycles. The van der Waals surface area contributed by atoms with Gasteiger partial charge in [-0.05, 0) is 37.6 Å². The van der Waals surface area contributed by atoms with Crippen LogP contribution in [0.25, 0.3) is 0 Å². The first-order valence-corrected chi connectivity index (χ1v) is 8.22. The van der Waals surface area contributed by atoms with Crippen LogP contribution in [-0.2, 0) is 11.3 Å². The molecule has 116 valence electrons. The van der Waals surface area contributed by atoms with Crippen LogP contribution in [-0.4, -0.2) is 37.6 Å². The summed E-state index contributed by atoms with van der Waals surface area (Å²) in [6, 6.07) is 5.82. The van der Waals surface area contributed by atoms with Gasteiger partial charge in [0.2, 0.25) is 5.91 Å². The largest absolute Gasteiger partial charge is 0.496 e. The Morgan fingerprint density at radius 3 is 3.00 bits per heavy atom. The minimum absolute atomic E-state index is 0.0457. The van der Waals surface area contributed by atoms with E-state index in [0.29, 0.717) is 6.54 Å². The highest BCUT2D eigenvalue weighted by Crippen LogP contribution is 2.24. The minimum Gasteiger partial charge on any atom is -0.496 e. The van der Waals surface area contributed by atoms with Crippen LogP contribution in [0.15, 0.2) is 22.7 Å². The van der Waals surface area contributed by atoms with Crippen molar-refractivity contribution >= 4 is 21.8 Å². The second-order valence-corrected chi connectivity index (χ2v) is 6.42. The molecule has 0 aliphatic carbocycles. The molecule has 1 aliphatic heterocycles. The van der Waals surface area contributed by atoms with Crippen molar-refractivity contribution in [3.8, 4) is 5.75 Å². The van der Waals surface area contributed by atoms with E-state index in [2.05, 4.69) is 21.2 Å². The van der Waals surface area contributed by atoms with Crippen molar-refractivity contribution in [1.29, 1.82) is 0 Å². The summed E-state index contributed by atoms with van der Waals surface area (Å²) in [4.78, 5) is 14.3. The van der Waals surface area contributed by atoms with Crippen LogP contribution in [0.2, 0.25) is 0 Å². The van der Waals surface area contributed by atoms with Crippen LogP contribution in [0, 0.1) is 0 Å². The van der Waals surface area contributed by atoms with E-state index in [1.54, 1.807) is 12.0 Å². The molecule has 1 N–H and O–H groups in total. The van der Waals surface area contributed by atoms with Gasteiger partial charge in [0.05, 0.1) is 13.2 Å². The molecule has 4 nitrogen and oxygen atoms in total. The zero-order chi connectivity index (χ0) is 15.2. The van der Waals surface area contributed by atoms with Crippen molar-refractivity contribution in [2.75, 3.05) is 20.7 Å². The van der Waals surface area contributed by atoms with Crippen LogP contribution in [0.1, 0.15) is 31.2 Å². The number of hydrogen-bond donors (Lipinski definition) is 1. The van der Waals surface area contributed by atoms with Crippen LogP contribution >= 0.6 is 15.9 Å². The van der Waals surface area contributed by atoms with Gasteiger partial charge in [0.25, 0.3) is 0 Å².